The number of nitrogens with zero attached hydrogens (tertiary/aromatic N) is 3. The summed E-state index contributed by atoms with van der Waals surface area (Å²) in [5.41, 5.74) is 5.10. The van der Waals surface area contributed by atoms with Gasteiger partial charge in [-0.3, -0.25) is 4.90 Å². The molecule has 0 amide bonds. The summed E-state index contributed by atoms with van der Waals surface area (Å²) < 4.78 is 8.42. The van der Waals surface area contributed by atoms with Gasteiger partial charge < -0.3 is 9.84 Å². The van der Waals surface area contributed by atoms with Crippen molar-refractivity contribution in [1.82, 2.24) is 14.7 Å². The molecule has 35 heavy (non-hydrogen) atoms. The van der Waals surface area contributed by atoms with Gasteiger partial charge in [0.05, 0.1) is 23.0 Å². The Kier molecular flexibility index (Phi) is 8.01. The molecule has 0 aliphatic heterocycles. The minimum absolute atomic E-state index is 0.227. The molecule has 1 atom stereocenters. The summed E-state index contributed by atoms with van der Waals surface area (Å²) in [7, 11) is 0. The third kappa shape index (κ3) is 5.99. The maximum atomic E-state index is 11.0. The van der Waals surface area contributed by atoms with E-state index in [0.29, 0.717) is 13.1 Å². The standard InChI is InChI=1S/C30H35N3O2/c1-5-28-27(20-32(22(2)3)21-29(34)24-12-8-6-9-13-24)30(35-26-18-16-23(4)17-19-26)33(31-28)25-14-10-7-11-15-25/h6-19,22,29,34H,5,20-21H2,1-4H3. The van der Waals surface area contributed by atoms with Crippen LogP contribution >= 0.6 is 0 Å². The molecule has 0 aliphatic rings. The second-order valence-corrected chi connectivity index (χ2v) is 9.20. The molecule has 5 nitrogen and oxygen atoms in total. The molecule has 0 saturated heterocycles. The maximum Gasteiger partial charge on any atom is 0.227 e. The number of hydrogen-bond donors (Lipinski definition) is 1. The van der Waals surface area contributed by atoms with E-state index in [9.17, 15) is 5.11 Å². The molecule has 0 aliphatic carbocycles. The van der Waals surface area contributed by atoms with Gasteiger partial charge in [-0.25, -0.2) is 4.68 Å². The van der Waals surface area contributed by atoms with E-state index < -0.39 is 6.10 Å². The first kappa shape index (κ1) is 24.7. The zero-order valence-electron chi connectivity index (χ0n) is 21.1. The summed E-state index contributed by atoms with van der Waals surface area (Å²) in [4.78, 5) is 2.28. The molecule has 1 heterocycles. The summed E-state index contributed by atoms with van der Waals surface area (Å²) in [5, 5.41) is 15.9. The topological polar surface area (TPSA) is 50.5 Å². The molecule has 0 saturated carbocycles. The number of para-hydroxylation sites is 1. The van der Waals surface area contributed by atoms with Crippen LogP contribution in [-0.2, 0) is 13.0 Å². The molecule has 0 radical (unpaired) electrons. The van der Waals surface area contributed by atoms with Crippen molar-refractivity contribution >= 4 is 0 Å². The van der Waals surface area contributed by atoms with Crippen LogP contribution in [0.1, 0.15) is 49.3 Å². The highest BCUT2D eigenvalue weighted by Gasteiger charge is 2.25. The lowest BCUT2D eigenvalue weighted by atomic mass is 10.1. The van der Waals surface area contributed by atoms with Crippen LogP contribution in [0.5, 0.6) is 11.6 Å². The van der Waals surface area contributed by atoms with E-state index in [1.165, 1.54) is 5.56 Å². The molecule has 1 unspecified atom stereocenters. The van der Waals surface area contributed by atoms with Crippen LogP contribution < -0.4 is 4.74 Å². The Morgan fingerprint density at radius 3 is 2.14 bits per heavy atom. The summed E-state index contributed by atoms with van der Waals surface area (Å²) in [6.07, 6.45) is 0.210. The van der Waals surface area contributed by atoms with Crippen molar-refractivity contribution in [2.45, 2.75) is 52.8 Å². The van der Waals surface area contributed by atoms with E-state index in [2.05, 4.69) is 44.7 Å². The summed E-state index contributed by atoms with van der Waals surface area (Å²) in [6, 6.07) is 28.3. The summed E-state index contributed by atoms with van der Waals surface area (Å²) in [5.74, 6) is 1.49. The lowest BCUT2D eigenvalue weighted by Crippen LogP contribution is -2.34. The lowest BCUT2D eigenvalue weighted by Gasteiger charge is -2.29. The second-order valence-electron chi connectivity index (χ2n) is 9.20. The van der Waals surface area contributed by atoms with Crippen LogP contribution in [0, 0.1) is 6.92 Å². The average Bonchev–Trinajstić information content (AvgIpc) is 3.22. The molecular weight excluding hydrogens is 434 g/mol. The summed E-state index contributed by atoms with van der Waals surface area (Å²) >= 11 is 0. The molecule has 5 heteroatoms. The molecule has 3 aromatic carbocycles. The fraction of sp³-hybridized carbons (Fsp3) is 0.300. The first-order chi connectivity index (χ1) is 17.0. The van der Waals surface area contributed by atoms with Gasteiger partial charge >= 0.3 is 0 Å². The molecule has 0 bridgehead atoms. The van der Waals surface area contributed by atoms with E-state index in [0.717, 1.165) is 40.6 Å². The quantitative estimate of drug-likeness (QED) is 0.289. The zero-order valence-corrected chi connectivity index (χ0v) is 21.1. The van der Waals surface area contributed by atoms with Gasteiger partial charge in [0.2, 0.25) is 5.88 Å². The number of benzene rings is 3. The Hall–Kier alpha value is -3.41. The van der Waals surface area contributed by atoms with Crippen molar-refractivity contribution < 1.29 is 9.84 Å². The average molecular weight is 470 g/mol. The lowest BCUT2D eigenvalue weighted by molar-refractivity contribution is 0.0901. The smallest absolute Gasteiger partial charge is 0.227 e. The highest BCUT2D eigenvalue weighted by molar-refractivity contribution is 5.44. The normalized spacial score (nSPS) is 12.3. The first-order valence-electron chi connectivity index (χ1n) is 12.3. The minimum atomic E-state index is -0.575. The van der Waals surface area contributed by atoms with E-state index in [1.54, 1.807) is 0 Å². The monoisotopic (exact) mass is 469 g/mol. The van der Waals surface area contributed by atoms with Gasteiger partial charge in [-0.1, -0.05) is 73.2 Å². The molecule has 182 valence electrons. The van der Waals surface area contributed by atoms with Crippen molar-refractivity contribution in [3.8, 4) is 17.3 Å². The number of aliphatic hydroxyl groups excluding tert-OH is 1. The van der Waals surface area contributed by atoms with Gasteiger partial charge in [0.15, 0.2) is 0 Å². The van der Waals surface area contributed by atoms with E-state index in [-0.39, 0.29) is 6.04 Å². The van der Waals surface area contributed by atoms with E-state index in [4.69, 9.17) is 9.84 Å². The predicted octanol–water partition coefficient (Wildman–Crippen LogP) is 6.48. The first-order valence-corrected chi connectivity index (χ1v) is 12.3. The molecule has 4 aromatic rings. The molecule has 0 fully saturated rings. The number of ether oxygens (including phenoxy) is 1. The van der Waals surface area contributed by atoms with Crippen LogP contribution in [-0.4, -0.2) is 32.4 Å². The zero-order chi connectivity index (χ0) is 24.8. The van der Waals surface area contributed by atoms with Gasteiger partial charge in [0.25, 0.3) is 0 Å². The van der Waals surface area contributed by atoms with E-state index >= 15 is 0 Å². The number of rotatable bonds is 10. The fourth-order valence-electron chi connectivity index (χ4n) is 4.15. The Morgan fingerprint density at radius 1 is 0.914 bits per heavy atom. The highest BCUT2D eigenvalue weighted by Crippen LogP contribution is 2.33. The third-order valence-electron chi connectivity index (χ3n) is 6.27. The van der Waals surface area contributed by atoms with Crippen LogP contribution in [0.2, 0.25) is 0 Å². The number of hydrogen-bond acceptors (Lipinski definition) is 4. The van der Waals surface area contributed by atoms with Crippen LogP contribution in [0.25, 0.3) is 5.69 Å². The molecule has 1 N–H and O–H groups in total. The molecule has 1 aromatic heterocycles. The van der Waals surface area contributed by atoms with Crippen molar-refractivity contribution in [2.75, 3.05) is 6.54 Å². The number of aromatic nitrogens is 2. The van der Waals surface area contributed by atoms with Gasteiger partial charge in [0, 0.05) is 19.1 Å². The Balaban J connectivity index is 1.72. The van der Waals surface area contributed by atoms with Gasteiger partial charge in [-0.15, -0.1) is 0 Å². The molecule has 0 spiro atoms. The Bertz CT molecular complexity index is 1200. The highest BCUT2D eigenvalue weighted by atomic mass is 16.5. The van der Waals surface area contributed by atoms with Crippen molar-refractivity contribution in [3.63, 3.8) is 0 Å². The van der Waals surface area contributed by atoms with Gasteiger partial charge in [0.1, 0.15) is 5.75 Å². The maximum absolute atomic E-state index is 11.0. The number of aryl methyl sites for hydroxylation is 2. The van der Waals surface area contributed by atoms with Crippen LogP contribution in [0.4, 0.5) is 0 Å². The Labute approximate surface area is 208 Å². The van der Waals surface area contributed by atoms with Crippen LogP contribution in [0.3, 0.4) is 0 Å². The van der Waals surface area contributed by atoms with Crippen LogP contribution in [0.15, 0.2) is 84.9 Å². The van der Waals surface area contributed by atoms with Gasteiger partial charge in [-0.05, 0) is 57.0 Å². The second kappa shape index (κ2) is 11.3. The van der Waals surface area contributed by atoms with Crippen molar-refractivity contribution in [1.29, 1.82) is 0 Å². The summed E-state index contributed by atoms with van der Waals surface area (Å²) in [6.45, 7) is 9.65. The fourth-order valence-corrected chi connectivity index (χ4v) is 4.15. The predicted molar refractivity (Wildman–Crippen MR) is 141 cm³/mol. The van der Waals surface area contributed by atoms with Crippen molar-refractivity contribution in [2.24, 2.45) is 0 Å². The molecular formula is C30H35N3O2. The van der Waals surface area contributed by atoms with E-state index in [1.807, 2.05) is 77.5 Å². The Morgan fingerprint density at radius 2 is 1.54 bits per heavy atom. The van der Waals surface area contributed by atoms with Crippen molar-refractivity contribution in [3.05, 3.63) is 107 Å². The van der Waals surface area contributed by atoms with Gasteiger partial charge in [-0.2, -0.15) is 5.10 Å². The molecule has 4 rings (SSSR count). The third-order valence-corrected chi connectivity index (χ3v) is 6.27. The largest absolute Gasteiger partial charge is 0.439 e. The SMILES string of the molecule is CCc1nn(-c2ccccc2)c(Oc2ccc(C)cc2)c1CN(CC(O)c1ccccc1)C(C)C. The minimum Gasteiger partial charge on any atom is -0.439 e. The number of aliphatic hydroxyl groups is 1.